The Kier molecular flexibility index (Phi) is 3.58. The number of ether oxygens (including phenoxy) is 1. The Hall–Kier alpha value is -2.40. The predicted octanol–water partition coefficient (Wildman–Crippen LogP) is 2.21. The number of halogens is 1. The molecule has 0 aromatic heterocycles. The topological polar surface area (TPSA) is 55.6 Å². The van der Waals surface area contributed by atoms with Gasteiger partial charge in [-0.15, -0.1) is 0 Å². The van der Waals surface area contributed by atoms with Crippen LogP contribution in [0.5, 0.6) is 5.75 Å². The van der Waals surface area contributed by atoms with Crippen LogP contribution in [0.15, 0.2) is 42.5 Å². The highest BCUT2D eigenvalue weighted by Gasteiger charge is 2.25. The van der Waals surface area contributed by atoms with Crippen molar-refractivity contribution in [3.63, 3.8) is 0 Å². The van der Waals surface area contributed by atoms with E-state index in [0.29, 0.717) is 23.5 Å². The van der Waals surface area contributed by atoms with Crippen LogP contribution in [0.3, 0.4) is 0 Å². The van der Waals surface area contributed by atoms with Crippen molar-refractivity contribution in [2.45, 2.75) is 13.1 Å². The number of anilines is 1. The van der Waals surface area contributed by atoms with Gasteiger partial charge in [-0.1, -0.05) is 18.2 Å². The van der Waals surface area contributed by atoms with Crippen LogP contribution in [-0.4, -0.2) is 12.5 Å². The van der Waals surface area contributed by atoms with Crippen LogP contribution in [0.2, 0.25) is 0 Å². The molecule has 2 N–H and O–H groups in total. The van der Waals surface area contributed by atoms with Crippen LogP contribution < -0.4 is 15.4 Å². The molecule has 1 aliphatic heterocycles. The smallest absolute Gasteiger partial charge is 0.265 e. The molecular formula is C16H15FN2O2. The largest absolute Gasteiger partial charge is 0.482 e. The molecule has 0 bridgehead atoms. The molecule has 0 atom stereocenters. The maximum atomic E-state index is 14.0. The number of para-hydroxylation sites is 2. The standard InChI is InChI=1S/C16H15FN2O2/c17-13-6-5-11(8-18)7-12(13)9-19-14-3-1-2-4-15(14)21-10-16(19)20/h1-7H,8-10,18H2. The van der Waals surface area contributed by atoms with Gasteiger partial charge in [-0.25, -0.2) is 4.39 Å². The Balaban J connectivity index is 1.96. The average molecular weight is 286 g/mol. The molecule has 4 nitrogen and oxygen atoms in total. The number of hydrogen-bond acceptors (Lipinski definition) is 3. The van der Waals surface area contributed by atoms with Gasteiger partial charge < -0.3 is 15.4 Å². The summed E-state index contributed by atoms with van der Waals surface area (Å²) in [6, 6.07) is 12.0. The first-order valence-electron chi connectivity index (χ1n) is 6.68. The van der Waals surface area contributed by atoms with Gasteiger partial charge in [-0.3, -0.25) is 4.79 Å². The Morgan fingerprint density at radius 1 is 1.24 bits per heavy atom. The third-order valence-corrected chi connectivity index (χ3v) is 3.48. The van der Waals surface area contributed by atoms with E-state index in [9.17, 15) is 9.18 Å². The number of carbonyl (C=O) groups is 1. The molecule has 0 aliphatic carbocycles. The molecule has 0 unspecified atom stereocenters. The van der Waals surface area contributed by atoms with Crippen molar-refractivity contribution in [2.24, 2.45) is 5.73 Å². The summed E-state index contributed by atoms with van der Waals surface area (Å²) in [5.41, 5.74) is 7.52. The third kappa shape index (κ3) is 2.60. The third-order valence-electron chi connectivity index (χ3n) is 3.48. The fraction of sp³-hybridized carbons (Fsp3) is 0.188. The van der Waals surface area contributed by atoms with Gasteiger partial charge in [0.1, 0.15) is 11.6 Å². The van der Waals surface area contributed by atoms with Crippen molar-refractivity contribution >= 4 is 11.6 Å². The van der Waals surface area contributed by atoms with Crippen molar-refractivity contribution in [1.82, 2.24) is 0 Å². The number of nitrogens with zero attached hydrogens (tertiary/aromatic N) is 1. The van der Waals surface area contributed by atoms with Crippen molar-refractivity contribution in [2.75, 3.05) is 11.5 Å². The monoisotopic (exact) mass is 286 g/mol. The Bertz CT molecular complexity index is 688. The predicted molar refractivity (Wildman–Crippen MR) is 77.4 cm³/mol. The molecule has 5 heteroatoms. The van der Waals surface area contributed by atoms with Crippen molar-refractivity contribution in [3.8, 4) is 5.75 Å². The summed E-state index contributed by atoms with van der Waals surface area (Å²) < 4.78 is 19.3. The molecule has 0 saturated carbocycles. The van der Waals surface area contributed by atoms with Gasteiger partial charge in [0.2, 0.25) is 0 Å². The van der Waals surface area contributed by atoms with E-state index in [-0.39, 0.29) is 24.9 Å². The zero-order chi connectivity index (χ0) is 14.8. The molecule has 3 rings (SSSR count). The lowest BCUT2D eigenvalue weighted by Crippen LogP contribution is -2.38. The zero-order valence-corrected chi connectivity index (χ0v) is 11.4. The van der Waals surface area contributed by atoms with E-state index in [4.69, 9.17) is 10.5 Å². The molecule has 1 amide bonds. The molecular weight excluding hydrogens is 271 g/mol. The first-order chi connectivity index (χ1) is 10.2. The summed E-state index contributed by atoms with van der Waals surface area (Å²) in [5.74, 6) is 0.0997. The summed E-state index contributed by atoms with van der Waals surface area (Å²) >= 11 is 0. The second-order valence-corrected chi connectivity index (χ2v) is 4.87. The van der Waals surface area contributed by atoms with E-state index in [1.54, 1.807) is 24.3 Å². The van der Waals surface area contributed by atoms with Gasteiger partial charge in [0.25, 0.3) is 5.91 Å². The number of carbonyl (C=O) groups excluding carboxylic acids is 1. The summed E-state index contributed by atoms with van der Waals surface area (Å²) in [7, 11) is 0. The maximum absolute atomic E-state index is 14.0. The molecule has 0 saturated heterocycles. The van der Waals surface area contributed by atoms with Crippen molar-refractivity contribution in [3.05, 3.63) is 59.4 Å². The van der Waals surface area contributed by atoms with E-state index in [1.807, 2.05) is 12.1 Å². The van der Waals surface area contributed by atoms with Crippen LogP contribution in [0, 0.1) is 5.82 Å². The summed E-state index contributed by atoms with van der Waals surface area (Å²) in [5, 5.41) is 0. The average Bonchev–Trinajstić information content (AvgIpc) is 2.52. The van der Waals surface area contributed by atoms with Crippen molar-refractivity contribution in [1.29, 1.82) is 0 Å². The zero-order valence-electron chi connectivity index (χ0n) is 11.4. The number of hydrogen-bond donors (Lipinski definition) is 1. The second-order valence-electron chi connectivity index (χ2n) is 4.87. The molecule has 2 aromatic carbocycles. The molecule has 2 aromatic rings. The quantitative estimate of drug-likeness (QED) is 0.941. The molecule has 21 heavy (non-hydrogen) atoms. The highest BCUT2D eigenvalue weighted by molar-refractivity contribution is 5.97. The van der Waals surface area contributed by atoms with E-state index in [2.05, 4.69) is 0 Å². The normalized spacial score (nSPS) is 13.8. The lowest BCUT2D eigenvalue weighted by molar-refractivity contribution is -0.121. The fourth-order valence-corrected chi connectivity index (χ4v) is 2.37. The summed E-state index contributed by atoms with van der Waals surface area (Å²) in [6.45, 7) is 0.467. The number of amides is 1. The molecule has 0 fully saturated rings. The number of fused-ring (bicyclic) bond motifs is 1. The molecule has 1 heterocycles. The summed E-state index contributed by atoms with van der Waals surface area (Å²) in [4.78, 5) is 13.6. The van der Waals surface area contributed by atoms with Gasteiger partial charge in [0, 0.05) is 12.1 Å². The van der Waals surface area contributed by atoms with E-state index >= 15 is 0 Å². The van der Waals surface area contributed by atoms with Gasteiger partial charge in [0.05, 0.1) is 12.2 Å². The van der Waals surface area contributed by atoms with Gasteiger partial charge in [-0.2, -0.15) is 0 Å². The number of nitrogens with two attached hydrogens (primary N) is 1. The van der Waals surface area contributed by atoms with E-state index in [0.717, 1.165) is 5.56 Å². The SMILES string of the molecule is NCc1ccc(F)c(CN2C(=O)COc3ccccc32)c1. The maximum Gasteiger partial charge on any atom is 0.265 e. The van der Waals surface area contributed by atoms with Crippen LogP contribution >= 0.6 is 0 Å². The van der Waals surface area contributed by atoms with Crippen molar-refractivity contribution < 1.29 is 13.9 Å². The minimum atomic E-state index is -0.344. The van der Waals surface area contributed by atoms with E-state index < -0.39 is 0 Å². The lowest BCUT2D eigenvalue weighted by atomic mass is 10.1. The van der Waals surface area contributed by atoms with E-state index in [1.165, 1.54) is 11.0 Å². The molecule has 1 aliphatic rings. The van der Waals surface area contributed by atoms with Crippen LogP contribution in [0.1, 0.15) is 11.1 Å². The van der Waals surface area contributed by atoms with Crippen LogP contribution in [0.25, 0.3) is 0 Å². The van der Waals surface area contributed by atoms with Gasteiger partial charge in [0.15, 0.2) is 6.61 Å². The molecule has 0 radical (unpaired) electrons. The first-order valence-corrected chi connectivity index (χ1v) is 6.68. The Morgan fingerprint density at radius 2 is 2.05 bits per heavy atom. The van der Waals surface area contributed by atoms with Crippen LogP contribution in [-0.2, 0) is 17.9 Å². The fourth-order valence-electron chi connectivity index (χ4n) is 2.37. The minimum absolute atomic E-state index is 0.0325. The number of rotatable bonds is 3. The van der Waals surface area contributed by atoms with Gasteiger partial charge in [-0.05, 0) is 29.8 Å². The van der Waals surface area contributed by atoms with Crippen LogP contribution in [0.4, 0.5) is 10.1 Å². The first kappa shape index (κ1) is 13.6. The Morgan fingerprint density at radius 3 is 2.86 bits per heavy atom. The van der Waals surface area contributed by atoms with Gasteiger partial charge >= 0.3 is 0 Å². The molecule has 0 spiro atoms. The second kappa shape index (κ2) is 5.54. The summed E-state index contributed by atoms with van der Waals surface area (Å²) in [6.07, 6.45) is 0. The highest BCUT2D eigenvalue weighted by Crippen LogP contribution is 2.32. The molecule has 108 valence electrons. The highest BCUT2D eigenvalue weighted by atomic mass is 19.1. The minimum Gasteiger partial charge on any atom is -0.482 e. The lowest BCUT2D eigenvalue weighted by Gasteiger charge is -2.29. The Labute approximate surface area is 121 Å². The number of benzene rings is 2.